The highest BCUT2D eigenvalue weighted by Crippen LogP contribution is 2.17. The van der Waals surface area contributed by atoms with Gasteiger partial charge < -0.3 is 4.74 Å². The summed E-state index contributed by atoms with van der Waals surface area (Å²) in [5.74, 6) is -0.545. The molecule has 0 saturated carbocycles. The van der Waals surface area contributed by atoms with Crippen molar-refractivity contribution >= 4 is 33.9 Å². The van der Waals surface area contributed by atoms with E-state index in [-0.39, 0.29) is 24.8 Å². The van der Waals surface area contributed by atoms with Gasteiger partial charge in [-0.05, 0) is 35.4 Å². The number of rotatable bonds is 5. The number of benzene rings is 2. The fraction of sp³-hybridized carbons (Fsp3) is 0.158. The van der Waals surface area contributed by atoms with E-state index in [2.05, 4.69) is 0 Å². The van der Waals surface area contributed by atoms with Crippen LogP contribution in [0.25, 0.3) is 10.8 Å². The van der Waals surface area contributed by atoms with Crippen LogP contribution in [0.1, 0.15) is 20.1 Å². The molecule has 0 saturated heterocycles. The van der Waals surface area contributed by atoms with Crippen molar-refractivity contribution in [2.75, 3.05) is 6.61 Å². The molecule has 0 unspecified atom stereocenters. The minimum absolute atomic E-state index is 0.157. The van der Waals surface area contributed by atoms with Crippen LogP contribution in [-0.2, 0) is 16.0 Å². The SMILES string of the molecule is Cc1ccc(C(=O)COC(=O)Cc2ccc3ccccc3c2)s1. The first-order valence-electron chi connectivity index (χ1n) is 7.35. The van der Waals surface area contributed by atoms with Crippen LogP contribution in [0.15, 0.2) is 54.6 Å². The molecule has 0 spiro atoms. The van der Waals surface area contributed by atoms with Gasteiger partial charge in [-0.3, -0.25) is 9.59 Å². The zero-order valence-electron chi connectivity index (χ0n) is 12.7. The molecule has 0 fully saturated rings. The Morgan fingerprint density at radius 2 is 1.78 bits per heavy atom. The largest absolute Gasteiger partial charge is 0.457 e. The van der Waals surface area contributed by atoms with E-state index in [0.29, 0.717) is 4.88 Å². The van der Waals surface area contributed by atoms with Gasteiger partial charge in [0.1, 0.15) is 0 Å². The number of thiophene rings is 1. The maximum Gasteiger partial charge on any atom is 0.310 e. The second-order valence-corrected chi connectivity index (χ2v) is 6.64. The molecule has 2 aromatic carbocycles. The summed E-state index contributed by atoms with van der Waals surface area (Å²) in [6.07, 6.45) is 0.168. The van der Waals surface area contributed by atoms with E-state index in [0.717, 1.165) is 21.2 Å². The van der Waals surface area contributed by atoms with Crippen molar-refractivity contribution in [2.45, 2.75) is 13.3 Å². The normalized spacial score (nSPS) is 10.7. The third-order valence-corrected chi connectivity index (χ3v) is 4.58. The lowest BCUT2D eigenvalue weighted by molar-refractivity contribution is -0.141. The zero-order valence-corrected chi connectivity index (χ0v) is 13.6. The Kier molecular flexibility index (Phi) is 4.53. The third kappa shape index (κ3) is 3.85. The van der Waals surface area contributed by atoms with Crippen LogP contribution in [-0.4, -0.2) is 18.4 Å². The predicted octanol–water partition coefficient (Wildman–Crippen LogP) is 4.18. The van der Waals surface area contributed by atoms with E-state index < -0.39 is 0 Å². The molecule has 3 aromatic rings. The van der Waals surface area contributed by atoms with Gasteiger partial charge in [-0.25, -0.2) is 0 Å². The molecule has 0 radical (unpaired) electrons. The fourth-order valence-corrected chi connectivity index (χ4v) is 3.16. The van der Waals surface area contributed by atoms with Crippen molar-refractivity contribution in [2.24, 2.45) is 0 Å². The van der Waals surface area contributed by atoms with Crippen LogP contribution in [0.3, 0.4) is 0 Å². The fourth-order valence-electron chi connectivity index (χ4n) is 2.37. The average Bonchev–Trinajstić information content (AvgIpc) is 2.99. The maximum absolute atomic E-state index is 11.9. The Bertz CT molecular complexity index is 864. The highest BCUT2D eigenvalue weighted by molar-refractivity contribution is 7.14. The lowest BCUT2D eigenvalue weighted by Crippen LogP contribution is -2.14. The molecule has 0 atom stereocenters. The molecule has 0 bridgehead atoms. The molecule has 0 aliphatic carbocycles. The first-order valence-corrected chi connectivity index (χ1v) is 8.16. The molecule has 4 heteroatoms. The smallest absolute Gasteiger partial charge is 0.310 e. The number of hydrogen-bond donors (Lipinski definition) is 0. The van der Waals surface area contributed by atoms with Crippen LogP contribution in [0.4, 0.5) is 0 Å². The van der Waals surface area contributed by atoms with Gasteiger partial charge in [0.05, 0.1) is 11.3 Å². The molecule has 0 amide bonds. The third-order valence-electron chi connectivity index (χ3n) is 3.54. The van der Waals surface area contributed by atoms with Crippen LogP contribution < -0.4 is 0 Å². The number of esters is 1. The Morgan fingerprint density at radius 3 is 2.52 bits per heavy atom. The molecule has 0 aliphatic rings. The second kappa shape index (κ2) is 6.75. The summed E-state index contributed by atoms with van der Waals surface area (Å²) in [4.78, 5) is 25.5. The average molecular weight is 324 g/mol. The number of aryl methyl sites for hydroxylation is 1. The highest BCUT2D eigenvalue weighted by atomic mass is 32.1. The molecule has 0 aliphatic heterocycles. The van der Waals surface area contributed by atoms with E-state index >= 15 is 0 Å². The van der Waals surface area contributed by atoms with Gasteiger partial charge in [0.25, 0.3) is 0 Å². The van der Waals surface area contributed by atoms with Crippen molar-refractivity contribution in [3.63, 3.8) is 0 Å². The van der Waals surface area contributed by atoms with Crippen molar-refractivity contribution in [1.29, 1.82) is 0 Å². The maximum atomic E-state index is 11.9. The highest BCUT2D eigenvalue weighted by Gasteiger charge is 2.12. The summed E-state index contributed by atoms with van der Waals surface area (Å²) in [6, 6.07) is 17.5. The Balaban J connectivity index is 1.59. The number of ether oxygens (including phenoxy) is 1. The van der Waals surface area contributed by atoms with Crippen molar-refractivity contribution in [3.8, 4) is 0 Å². The number of ketones is 1. The van der Waals surface area contributed by atoms with Gasteiger partial charge in [-0.1, -0.05) is 42.5 Å². The molecule has 116 valence electrons. The molecular weight excluding hydrogens is 308 g/mol. The summed E-state index contributed by atoms with van der Waals surface area (Å²) in [6.45, 7) is 1.74. The van der Waals surface area contributed by atoms with E-state index in [9.17, 15) is 9.59 Å². The van der Waals surface area contributed by atoms with Gasteiger partial charge in [-0.2, -0.15) is 0 Å². The van der Waals surface area contributed by atoms with Crippen molar-refractivity contribution in [3.05, 3.63) is 69.9 Å². The van der Waals surface area contributed by atoms with Crippen LogP contribution in [0.2, 0.25) is 0 Å². The van der Waals surface area contributed by atoms with E-state index in [1.54, 1.807) is 6.07 Å². The molecule has 0 N–H and O–H groups in total. The summed E-state index contributed by atoms with van der Waals surface area (Å²) < 4.78 is 5.10. The van der Waals surface area contributed by atoms with E-state index in [1.807, 2.05) is 55.5 Å². The van der Waals surface area contributed by atoms with E-state index in [1.165, 1.54) is 11.3 Å². The minimum atomic E-state index is -0.387. The quantitative estimate of drug-likeness (QED) is 0.522. The summed E-state index contributed by atoms with van der Waals surface area (Å²) in [7, 11) is 0. The topological polar surface area (TPSA) is 43.4 Å². The molecular formula is C19H16O3S. The zero-order chi connectivity index (χ0) is 16.2. The van der Waals surface area contributed by atoms with Crippen molar-refractivity contribution < 1.29 is 14.3 Å². The van der Waals surface area contributed by atoms with Crippen LogP contribution in [0, 0.1) is 6.92 Å². The number of Topliss-reactive ketones (excluding diaryl/α,β-unsaturated/α-hetero) is 1. The van der Waals surface area contributed by atoms with Gasteiger partial charge in [0, 0.05) is 4.88 Å². The standard InChI is InChI=1S/C19H16O3S/c1-13-6-9-18(23-13)17(20)12-22-19(21)11-14-7-8-15-4-2-3-5-16(15)10-14/h2-10H,11-12H2,1H3. The number of carbonyl (C=O) groups is 2. The predicted molar refractivity (Wildman–Crippen MR) is 92.0 cm³/mol. The Hall–Kier alpha value is -2.46. The molecule has 1 heterocycles. The van der Waals surface area contributed by atoms with E-state index in [4.69, 9.17) is 4.74 Å². The lowest BCUT2D eigenvalue weighted by Gasteiger charge is -2.05. The Morgan fingerprint density at radius 1 is 1.00 bits per heavy atom. The molecule has 3 nitrogen and oxygen atoms in total. The minimum Gasteiger partial charge on any atom is -0.457 e. The van der Waals surface area contributed by atoms with Gasteiger partial charge in [-0.15, -0.1) is 11.3 Å². The van der Waals surface area contributed by atoms with Gasteiger partial charge in [0.2, 0.25) is 5.78 Å². The molecule has 23 heavy (non-hydrogen) atoms. The number of fused-ring (bicyclic) bond motifs is 1. The first-order chi connectivity index (χ1) is 11.1. The summed E-state index contributed by atoms with van der Waals surface area (Å²) in [5, 5.41) is 2.22. The second-order valence-electron chi connectivity index (χ2n) is 5.35. The lowest BCUT2D eigenvalue weighted by atomic mass is 10.1. The van der Waals surface area contributed by atoms with Gasteiger partial charge in [0.15, 0.2) is 6.61 Å². The Labute approximate surface area is 138 Å². The number of hydrogen-bond acceptors (Lipinski definition) is 4. The monoisotopic (exact) mass is 324 g/mol. The number of carbonyl (C=O) groups excluding carboxylic acids is 2. The summed E-state index contributed by atoms with van der Waals surface area (Å²) in [5.41, 5.74) is 0.883. The van der Waals surface area contributed by atoms with Crippen LogP contribution >= 0.6 is 11.3 Å². The van der Waals surface area contributed by atoms with Crippen molar-refractivity contribution in [1.82, 2.24) is 0 Å². The first kappa shape index (κ1) is 15.4. The van der Waals surface area contributed by atoms with Crippen LogP contribution in [0.5, 0.6) is 0 Å². The summed E-state index contributed by atoms with van der Waals surface area (Å²) >= 11 is 1.41. The molecule has 3 rings (SSSR count). The van der Waals surface area contributed by atoms with Gasteiger partial charge >= 0.3 is 5.97 Å². The molecule has 1 aromatic heterocycles.